The summed E-state index contributed by atoms with van der Waals surface area (Å²) in [4.78, 5) is 27.6. The Balaban J connectivity index is 0.00000173. The molecule has 3 unspecified atom stereocenters. The van der Waals surface area contributed by atoms with Crippen LogP contribution in [0.1, 0.15) is 54.6 Å². The average Bonchev–Trinajstić information content (AvgIpc) is 3.43. The van der Waals surface area contributed by atoms with Crippen molar-refractivity contribution in [1.82, 2.24) is 10.2 Å². The molecule has 0 aromatic heterocycles. The summed E-state index contributed by atoms with van der Waals surface area (Å²) >= 11 is 1.55. The first-order chi connectivity index (χ1) is 22.2. The van der Waals surface area contributed by atoms with E-state index in [0.717, 1.165) is 47.2 Å². The molecule has 46 heavy (non-hydrogen) atoms. The maximum absolute atomic E-state index is 13.4. The quantitative estimate of drug-likeness (QED) is 0.172. The van der Waals surface area contributed by atoms with Gasteiger partial charge in [-0.05, 0) is 85.1 Å². The highest BCUT2D eigenvalue weighted by Gasteiger charge is 2.33. The number of carbonyl (C=O) groups is 2. The SMILES string of the molecule is C=C/C=C\C(=C/C)COC1CC(COC)N(Cc2ccc(C(=O)NC(CCSC)C(=O)O)c(-c3ccccc3C)c2)C1.CCCO. The van der Waals surface area contributed by atoms with E-state index in [0.29, 0.717) is 44.1 Å². The molecule has 252 valence electrons. The number of nitrogens with zero attached hydrogens (tertiary/aromatic N) is 1. The molecule has 2 aromatic rings. The number of hydrogen-bond donors (Lipinski definition) is 3. The summed E-state index contributed by atoms with van der Waals surface area (Å²) in [5.41, 5.74) is 5.41. The van der Waals surface area contributed by atoms with E-state index >= 15 is 0 Å². The third kappa shape index (κ3) is 12.5. The number of aliphatic carboxylic acids is 1. The van der Waals surface area contributed by atoms with Gasteiger partial charge < -0.3 is 25.0 Å². The molecular weight excluding hydrogens is 600 g/mol. The van der Waals surface area contributed by atoms with Crippen LogP contribution >= 0.6 is 11.8 Å². The van der Waals surface area contributed by atoms with Gasteiger partial charge in [0.05, 0.1) is 19.3 Å². The van der Waals surface area contributed by atoms with Crippen LogP contribution in [-0.4, -0.2) is 90.7 Å². The van der Waals surface area contributed by atoms with Gasteiger partial charge in [0.25, 0.3) is 5.91 Å². The molecule has 0 radical (unpaired) electrons. The number of aliphatic hydroxyl groups is 1. The largest absolute Gasteiger partial charge is 0.480 e. The van der Waals surface area contributed by atoms with Crippen LogP contribution in [0.2, 0.25) is 0 Å². The number of aliphatic hydroxyl groups excluding tert-OH is 1. The van der Waals surface area contributed by atoms with Crippen molar-refractivity contribution >= 4 is 23.6 Å². The molecule has 3 N–H and O–H groups in total. The van der Waals surface area contributed by atoms with Crippen LogP contribution in [-0.2, 0) is 20.8 Å². The number of allylic oxidation sites excluding steroid dienone is 3. The number of benzene rings is 2. The molecule has 0 aliphatic carbocycles. The standard InChI is InChI=1S/C34H44N2O5S.C3H8O/c1-6-8-12-25(7-2)22-41-28-19-27(23-40-4)36(21-28)20-26-14-15-30(31(18-26)29-13-10-9-11-24(29)3)33(37)35-32(34(38)39)16-17-42-5;1-2-3-4/h6-15,18,27-28,32H,1,16-17,19-23H2,2-5H3,(H,35,37)(H,38,39);4H,2-3H2,1H3/b12-8-,25-7+;. The fraction of sp³-hybridized carbons (Fsp3) is 0.459. The number of likely N-dealkylation sites (tertiary alicyclic amines) is 1. The Morgan fingerprint density at radius 3 is 2.57 bits per heavy atom. The normalized spacial score (nSPS) is 17.4. The Hall–Kier alpha value is -3.21. The van der Waals surface area contributed by atoms with E-state index in [9.17, 15) is 14.7 Å². The van der Waals surface area contributed by atoms with Gasteiger partial charge in [-0.1, -0.05) is 68.1 Å². The molecule has 1 saturated heterocycles. The second kappa shape index (κ2) is 21.6. The second-order valence-corrected chi connectivity index (χ2v) is 12.2. The highest BCUT2D eigenvalue weighted by Crippen LogP contribution is 2.30. The van der Waals surface area contributed by atoms with Gasteiger partial charge in [-0.15, -0.1) is 0 Å². The van der Waals surface area contributed by atoms with E-state index in [1.165, 1.54) is 0 Å². The van der Waals surface area contributed by atoms with Gasteiger partial charge in [0.1, 0.15) is 6.04 Å². The predicted molar refractivity (Wildman–Crippen MR) is 189 cm³/mol. The fourth-order valence-electron chi connectivity index (χ4n) is 5.20. The minimum Gasteiger partial charge on any atom is -0.480 e. The van der Waals surface area contributed by atoms with E-state index in [2.05, 4.69) is 22.9 Å². The summed E-state index contributed by atoms with van der Waals surface area (Å²) < 4.78 is 11.8. The summed E-state index contributed by atoms with van der Waals surface area (Å²) in [5.74, 6) is -0.767. The molecule has 0 saturated carbocycles. The van der Waals surface area contributed by atoms with Crippen molar-refractivity contribution < 1.29 is 29.3 Å². The third-order valence-electron chi connectivity index (χ3n) is 7.74. The number of rotatable bonds is 17. The lowest BCUT2D eigenvalue weighted by molar-refractivity contribution is -0.139. The van der Waals surface area contributed by atoms with Gasteiger partial charge in [-0.2, -0.15) is 11.8 Å². The maximum atomic E-state index is 13.4. The molecule has 3 atom stereocenters. The lowest BCUT2D eigenvalue weighted by Crippen LogP contribution is -2.41. The minimum atomic E-state index is -1.03. The smallest absolute Gasteiger partial charge is 0.326 e. The Morgan fingerprint density at radius 1 is 1.22 bits per heavy atom. The summed E-state index contributed by atoms with van der Waals surface area (Å²) in [7, 11) is 1.72. The minimum absolute atomic E-state index is 0.0763. The van der Waals surface area contributed by atoms with Gasteiger partial charge in [0, 0.05) is 38.4 Å². The number of aryl methyl sites for hydroxylation is 1. The number of ether oxygens (including phenoxy) is 2. The first-order valence-electron chi connectivity index (χ1n) is 15.8. The molecule has 8 nitrogen and oxygen atoms in total. The summed E-state index contributed by atoms with van der Waals surface area (Å²) in [6, 6.07) is 13.0. The molecule has 1 aliphatic rings. The molecular formula is C37H52N2O6S. The van der Waals surface area contributed by atoms with E-state index in [1.807, 2.05) is 81.7 Å². The number of amides is 1. The van der Waals surface area contributed by atoms with Crippen LogP contribution in [0.15, 0.2) is 78.9 Å². The van der Waals surface area contributed by atoms with E-state index < -0.39 is 12.0 Å². The Bertz CT molecular complexity index is 1310. The molecule has 1 heterocycles. The maximum Gasteiger partial charge on any atom is 0.326 e. The fourth-order valence-corrected chi connectivity index (χ4v) is 5.67. The van der Waals surface area contributed by atoms with Crippen LogP contribution in [0, 0.1) is 6.92 Å². The van der Waals surface area contributed by atoms with Crippen LogP contribution in [0.3, 0.4) is 0 Å². The predicted octanol–water partition coefficient (Wildman–Crippen LogP) is 6.28. The number of nitrogens with one attached hydrogen (secondary N) is 1. The van der Waals surface area contributed by atoms with Crippen molar-refractivity contribution in [1.29, 1.82) is 0 Å². The first-order valence-corrected chi connectivity index (χ1v) is 17.2. The zero-order valence-corrected chi connectivity index (χ0v) is 28.9. The highest BCUT2D eigenvalue weighted by atomic mass is 32.2. The zero-order chi connectivity index (χ0) is 33.9. The summed E-state index contributed by atoms with van der Waals surface area (Å²) in [5, 5.41) is 20.3. The van der Waals surface area contributed by atoms with Crippen molar-refractivity contribution in [2.75, 3.05) is 45.5 Å². The lowest BCUT2D eigenvalue weighted by Gasteiger charge is -2.24. The second-order valence-electron chi connectivity index (χ2n) is 11.2. The number of carboxylic acid groups (broad SMARTS) is 1. The van der Waals surface area contributed by atoms with E-state index in [-0.39, 0.29) is 18.1 Å². The van der Waals surface area contributed by atoms with Crippen LogP contribution in [0.4, 0.5) is 0 Å². The third-order valence-corrected chi connectivity index (χ3v) is 8.38. The Morgan fingerprint density at radius 2 is 1.96 bits per heavy atom. The van der Waals surface area contributed by atoms with Crippen molar-refractivity contribution in [3.05, 3.63) is 95.6 Å². The molecule has 1 aliphatic heterocycles. The molecule has 9 heteroatoms. The number of carbonyl (C=O) groups excluding carboxylic acids is 1. The molecule has 1 fully saturated rings. The van der Waals surface area contributed by atoms with Gasteiger partial charge in [-0.25, -0.2) is 4.79 Å². The monoisotopic (exact) mass is 652 g/mol. The average molecular weight is 653 g/mol. The number of carboxylic acids is 1. The number of hydrogen-bond acceptors (Lipinski definition) is 7. The van der Waals surface area contributed by atoms with Crippen LogP contribution in [0.25, 0.3) is 11.1 Å². The van der Waals surface area contributed by atoms with E-state index in [1.54, 1.807) is 24.9 Å². The lowest BCUT2D eigenvalue weighted by atomic mass is 9.93. The van der Waals surface area contributed by atoms with Gasteiger partial charge >= 0.3 is 5.97 Å². The van der Waals surface area contributed by atoms with Gasteiger partial charge in [0.15, 0.2) is 0 Å². The summed E-state index contributed by atoms with van der Waals surface area (Å²) in [6.45, 7) is 12.6. The topological polar surface area (TPSA) is 108 Å². The zero-order valence-electron chi connectivity index (χ0n) is 28.0. The van der Waals surface area contributed by atoms with Crippen molar-refractivity contribution in [3.8, 4) is 11.1 Å². The van der Waals surface area contributed by atoms with Gasteiger partial charge in [0.2, 0.25) is 0 Å². The van der Waals surface area contributed by atoms with Crippen LogP contribution in [0.5, 0.6) is 0 Å². The molecule has 2 aromatic carbocycles. The molecule has 1 amide bonds. The van der Waals surface area contributed by atoms with E-state index in [4.69, 9.17) is 14.6 Å². The Kier molecular flexibility index (Phi) is 18.3. The first kappa shape index (κ1) is 39.0. The molecule has 0 spiro atoms. The number of methoxy groups -OCH3 is 1. The van der Waals surface area contributed by atoms with Crippen molar-refractivity contribution in [2.45, 2.75) is 64.8 Å². The molecule has 0 bridgehead atoms. The Labute approximate surface area is 279 Å². The van der Waals surface area contributed by atoms with Crippen molar-refractivity contribution in [3.63, 3.8) is 0 Å². The number of thioether (sulfide) groups is 1. The van der Waals surface area contributed by atoms with Crippen molar-refractivity contribution in [2.24, 2.45) is 0 Å². The highest BCUT2D eigenvalue weighted by molar-refractivity contribution is 7.98. The molecule has 3 rings (SSSR count). The summed E-state index contributed by atoms with van der Waals surface area (Å²) in [6.07, 6.45) is 11.8. The van der Waals surface area contributed by atoms with Crippen LogP contribution < -0.4 is 5.32 Å². The van der Waals surface area contributed by atoms with Gasteiger partial charge in [-0.3, -0.25) is 9.69 Å².